The number of aromatic nitrogens is 3. The van der Waals surface area contributed by atoms with Crippen LogP contribution in [0.15, 0.2) is 97.2 Å². The first-order valence-electron chi connectivity index (χ1n) is 16.6. The molecule has 0 bridgehead atoms. The smallest absolute Gasteiger partial charge is 0.662 e. The molecule has 0 amide bonds. The van der Waals surface area contributed by atoms with E-state index in [0.29, 0.717) is 5.69 Å². The minimum absolute atomic E-state index is 0. The van der Waals surface area contributed by atoms with Crippen molar-refractivity contribution in [3.05, 3.63) is 131 Å². The third kappa shape index (κ3) is 6.52. The largest absolute Gasteiger partial charge is 2.00 e. The Hall–Kier alpha value is -4.40. The van der Waals surface area contributed by atoms with E-state index in [1.807, 2.05) is 24.4 Å². The summed E-state index contributed by atoms with van der Waals surface area (Å²) in [5.41, 5.74) is 13.7. The molecular formula is C44H40FN3Pt. The first-order valence-corrected chi connectivity index (χ1v) is 16.6. The van der Waals surface area contributed by atoms with Crippen LogP contribution in [0.25, 0.3) is 66.6 Å². The van der Waals surface area contributed by atoms with Gasteiger partial charge in [0, 0.05) is 11.9 Å². The fourth-order valence-corrected chi connectivity index (χ4v) is 6.65. The van der Waals surface area contributed by atoms with Crippen molar-refractivity contribution in [2.75, 3.05) is 0 Å². The van der Waals surface area contributed by atoms with Crippen molar-refractivity contribution in [2.24, 2.45) is 0 Å². The van der Waals surface area contributed by atoms with Crippen molar-refractivity contribution >= 4 is 21.8 Å². The Morgan fingerprint density at radius 2 is 1.20 bits per heavy atom. The summed E-state index contributed by atoms with van der Waals surface area (Å²) < 4.78 is 14.5. The van der Waals surface area contributed by atoms with E-state index in [1.54, 1.807) is 6.07 Å². The Bertz CT molecular complexity index is 2320. The van der Waals surface area contributed by atoms with Crippen molar-refractivity contribution in [1.82, 2.24) is 15.0 Å². The Morgan fingerprint density at radius 1 is 0.633 bits per heavy atom. The number of hydrogen-bond acceptors (Lipinski definition) is 2. The molecule has 0 saturated heterocycles. The van der Waals surface area contributed by atoms with E-state index in [0.717, 1.165) is 60.9 Å². The summed E-state index contributed by atoms with van der Waals surface area (Å²) in [5, 5.41) is 2.22. The molecule has 0 atom stereocenters. The summed E-state index contributed by atoms with van der Waals surface area (Å²) in [6, 6.07) is 34.4. The maximum atomic E-state index is 14.5. The standard InChI is InChI=1S/C44H40FN3.Pt/c1-26-13-11-14-27(2)40(26)30-20-28(19-29(21-30)37-16-12-17-39(45)47-37)33-22-31(43(3,4)5)23-34-35-24-32(44(6,7)8)25-36(42(35)48-41(33)34)38-15-9-10-18-46-38;/h9-18,20-25H,1-8H3;/q-2;+2. The Kier molecular flexibility index (Phi) is 9.01. The Morgan fingerprint density at radius 3 is 1.80 bits per heavy atom. The average molecular weight is 825 g/mol. The first kappa shape index (κ1) is 34.5. The molecule has 3 aromatic heterocycles. The predicted octanol–water partition coefficient (Wildman–Crippen LogP) is 11.6. The van der Waals surface area contributed by atoms with Crippen LogP contribution in [-0.2, 0) is 31.9 Å². The monoisotopic (exact) mass is 824 g/mol. The summed E-state index contributed by atoms with van der Waals surface area (Å²) in [4.78, 5) is 14.5. The minimum Gasteiger partial charge on any atom is -0.662 e. The van der Waals surface area contributed by atoms with Gasteiger partial charge < -0.3 is 4.98 Å². The molecule has 0 unspecified atom stereocenters. The molecule has 0 N–H and O–H groups in total. The van der Waals surface area contributed by atoms with Crippen molar-refractivity contribution < 1.29 is 25.5 Å². The van der Waals surface area contributed by atoms with Gasteiger partial charge in [0.15, 0.2) is 0 Å². The quantitative estimate of drug-likeness (QED) is 0.131. The van der Waals surface area contributed by atoms with E-state index in [-0.39, 0.29) is 31.9 Å². The molecule has 7 rings (SSSR count). The van der Waals surface area contributed by atoms with Gasteiger partial charge in [-0.15, -0.1) is 29.3 Å². The third-order valence-electron chi connectivity index (χ3n) is 9.33. The second kappa shape index (κ2) is 12.8. The van der Waals surface area contributed by atoms with E-state index in [9.17, 15) is 4.39 Å². The van der Waals surface area contributed by atoms with E-state index < -0.39 is 5.95 Å². The number of rotatable bonds is 4. The topological polar surface area (TPSA) is 39.9 Å². The molecule has 3 heterocycles. The van der Waals surface area contributed by atoms with Gasteiger partial charge in [-0.05, 0) is 87.0 Å². The molecule has 49 heavy (non-hydrogen) atoms. The molecule has 0 radical (unpaired) electrons. The summed E-state index contributed by atoms with van der Waals surface area (Å²) in [6.45, 7) is 17.7. The van der Waals surface area contributed by atoms with Gasteiger partial charge in [0.05, 0.1) is 5.69 Å². The normalized spacial score (nSPS) is 12.0. The second-order valence-corrected chi connectivity index (χ2v) is 15.0. The summed E-state index contributed by atoms with van der Waals surface area (Å²) >= 11 is 0. The Labute approximate surface area is 303 Å². The second-order valence-electron chi connectivity index (χ2n) is 15.0. The molecule has 248 valence electrons. The zero-order valence-corrected chi connectivity index (χ0v) is 31.5. The zero-order valence-electron chi connectivity index (χ0n) is 29.3. The van der Waals surface area contributed by atoms with Crippen LogP contribution in [0.3, 0.4) is 0 Å². The molecule has 0 aliphatic rings. The van der Waals surface area contributed by atoms with Gasteiger partial charge in [0.2, 0.25) is 5.95 Å². The van der Waals surface area contributed by atoms with E-state index in [2.05, 4.69) is 127 Å². The van der Waals surface area contributed by atoms with Crippen molar-refractivity contribution in [1.29, 1.82) is 0 Å². The number of hydrogen-bond donors (Lipinski definition) is 0. The van der Waals surface area contributed by atoms with Crippen LogP contribution < -0.4 is 4.98 Å². The number of aryl methyl sites for hydroxylation is 2. The van der Waals surface area contributed by atoms with Crippen LogP contribution in [0, 0.1) is 25.9 Å². The molecule has 5 heteroatoms. The maximum Gasteiger partial charge on any atom is 2.00 e. The molecule has 3 nitrogen and oxygen atoms in total. The van der Waals surface area contributed by atoms with Crippen molar-refractivity contribution in [3.8, 4) is 44.8 Å². The van der Waals surface area contributed by atoms with Crippen molar-refractivity contribution in [2.45, 2.75) is 66.2 Å². The molecule has 4 aromatic carbocycles. The zero-order chi connectivity index (χ0) is 34.0. The SMILES string of the molecule is Cc1cccc(C)c1-c1cc(-c2cccc(F)n2)[c-]c(-c2cc(C(C)(C)C)cc3c2[n-]c2c(-c4ccccn4)cc(C(C)(C)C)cc23)c1.[Pt+2]. The Balaban J connectivity index is 0.00000417. The van der Waals surface area contributed by atoms with E-state index in [1.165, 1.54) is 28.3 Å². The van der Waals surface area contributed by atoms with Gasteiger partial charge in [0.25, 0.3) is 0 Å². The van der Waals surface area contributed by atoms with Crippen molar-refractivity contribution in [3.63, 3.8) is 0 Å². The molecule has 0 spiro atoms. The summed E-state index contributed by atoms with van der Waals surface area (Å²) in [5.74, 6) is -0.516. The van der Waals surface area contributed by atoms with Gasteiger partial charge in [-0.3, -0.25) is 9.97 Å². The molecule has 0 saturated carbocycles. The van der Waals surface area contributed by atoms with Crippen LogP contribution in [0.1, 0.15) is 63.8 Å². The summed E-state index contributed by atoms with van der Waals surface area (Å²) in [7, 11) is 0. The summed E-state index contributed by atoms with van der Waals surface area (Å²) in [6.07, 6.45) is 1.84. The molecule has 0 fully saturated rings. The molecule has 0 aliphatic heterocycles. The number of benzene rings is 4. The van der Waals surface area contributed by atoms with Gasteiger partial charge >= 0.3 is 21.1 Å². The molecular weight excluding hydrogens is 785 g/mol. The molecule has 7 aromatic rings. The first-order chi connectivity index (χ1) is 22.8. The van der Waals surface area contributed by atoms with Crippen LogP contribution in [-0.4, -0.2) is 9.97 Å². The van der Waals surface area contributed by atoms with Crippen LogP contribution >= 0.6 is 0 Å². The van der Waals surface area contributed by atoms with E-state index in [4.69, 9.17) is 9.97 Å². The fourth-order valence-electron chi connectivity index (χ4n) is 6.65. The van der Waals surface area contributed by atoms with Gasteiger partial charge in [0.1, 0.15) is 0 Å². The van der Waals surface area contributed by atoms with Gasteiger partial charge in [-0.2, -0.15) is 9.91 Å². The third-order valence-corrected chi connectivity index (χ3v) is 9.33. The average Bonchev–Trinajstić information content (AvgIpc) is 3.42. The van der Waals surface area contributed by atoms with Gasteiger partial charge in [-0.25, -0.2) is 0 Å². The van der Waals surface area contributed by atoms with Crippen LogP contribution in [0.5, 0.6) is 0 Å². The van der Waals surface area contributed by atoms with E-state index >= 15 is 0 Å². The van der Waals surface area contributed by atoms with Crippen LogP contribution in [0.2, 0.25) is 0 Å². The predicted molar refractivity (Wildman–Crippen MR) is 198 cm³/mol. The van der Waals surface area contributed by atoms with Gasteiger partial charge in [-0.1, -0.05) is 119 Å². The number of pyridine rings is 2. The number of nitrogens with zero attached hydrogens (tertiary/aromatic N) is 3. The van der Waals surface area contributed by atoms with Crippen LogP contribution in [0.4, 0.5) is 4.39 Å². The minimum atomic E-state index is -0.516. The number of fused-ring (bicyclic) bond motifs is 3. The number of halogens is 1. The molecule has 0 aliphatic carbocycles. The fraction of sp³-hybridized carbons (Fsp3) is 0.227. The maximum absolute atomic E-state index is 14.5.